The summed E-state index contributed by atoms with van der Waals surface area (Å²) in [7, 11) is 0. The summed E-state index contributed by atoms with van der Waals surface area (Å²) in [4.78, 5) is 10.8. The first kappa shape index (κ1) is 6.89. The summed E-state index contributed by atoms with van der Waals surface area (Å²) in [6, 6.07) is 0. The predicted molar refractivity (Wildman–Crippen MR) is 36.0 cm³/mol. The molecule has 0 spiro atoms. The molecule has 4 heteroatoms. The summed E-state index contributed by atoms with van der Waals surface area (Å²) < 4.78 is 4.97. The Balaban J connectivity index is 2.41. The normalized spacial score (nSPS) is 29.0. The van der Waals surface area contributed by atoms with Crippen LogP contribution in [0.15, 0.2) is 0 Å². The van der Waals surface area contributed by atoms with Crippen LogP contribution in [-0.4, -0.2) is 23.8 Å². The molecule has 1 heterocycles. The monoisotopic (exact) mass is 147 g/mol. The van der Waals surface area contributed by atoms with E-state index < -0.39 is 0 Å². The zero-order valence-electron chi connectivity index (χ0n) is 5.22. The van der Waals surface area contributed by atoms with E-state index in [1.165, 1.54) is 11.8 Å². The highest BCUT2D eigenvalue weighted by molar-refractivity contribution is 8.00. The average Bonchev–Trinajstić information content (AvgIpc) is 1.99. The quantitative estimate of drug-likeness (QED) is 0.531. The summed E-state index contributed by atoms with van der Waals surface area (Å²) >= 11 is 1.51. The van der Waals surface area contributed by atoms with Gasteiger partial charge in [-0.15, -0.1) is 11.8 Å². The van der Waals surface area contributed by atoms with Crippen LogP contribution in [0.2, 0.25) is 0 Å². The van der Waals surface area contributed by atoms with E-state index in [0.29, 0.717) is 12.7 Å². The topological polar surface area (TPSA) is 38.3 Å². The van der Waals surface area contributed by atoms with Crippen molar-refractivity contribution in [3.05, 3.63) is 0 Å². The molecule has 0 aromatic carbocycles. The van der Waals surface area contributed by atoms with E-state index in [0.717, 1.165) is 0 Å². The number of thioether (sulfide) groups is 1. The lowest BCUT2D eigenvalue weighted by Crippen LogP contribution is -2.29. The predicted octanol–water partition coefficient (Wildman–Crippen LogP) is 0.169. The highest BCUT2D eigenvalue weighted by Crippen LogP contribution is 2.11. The third kappa shape index (κ3) is 1.87. The Morgan fingerprint density at radius 1 is 1.89 bits per heavy atom. The van der Waals surface area contributed by atoms with E-state index >= 15 is 0 Å². The fraction of sp³-hybridized carbons (Fsp3) is 0.800. The maximum atomic E-state index is 10.8. The minimum Gasteiger partial charge on any atom is -0.351 e. The van der Waals surface area contributed by atoms with E-state index in [9.17, 15) is 4.79 Å². The lowest BCUT2D eigenvalue weighted by Gasteiger charge is -2.01. The summed E-state index contributed by atoms with van der Waals surface area (Å²) in [5.41, 5.74) is 0. The van der Waals surface area contributed by atoms with Crippen molar-refractivity contribution in [1.82, 2.24) is 5.32 Å². The molecule has 0 radical (unpaired) electrons. The SMILES string of the molecule is CC1SCOCNC1=O. The van der Waals surface area contributed by atoms with Gasteiger partial charge in [0, 0.05) is 0 Å². The third-order valence-electron chi connectivity index (χ3n) is 1.12. The Morgan fingerprint density at radius 3 is 3.44 bits per heavy atom. The summed E-state index contributed by atoms with van der Waals surface area (Å²) in [5.74, 6) is 0.678. The number of carbonyl (C=O) groups is 1. The molecule has 0 bridgehead atoms. The van der Waals surface area contributed by atoms with Crippen LogP contribution in [0, 0.1) is 0 Å². The van der Waals surface area contributed by atoms with Crippen LogP contribution >= 0.6 is 11.8 Å². The standard InChI is InChI=1S/C5H9NO2S/c1-4-5(7)6-2-8-3-9-4/h4H,2-3H2,1H3,(H,6,7). The van der Waals surface area contributed by atoms with Crippen LogP contribution < -0.4 is 5.32 Å². The van der Waals surface area contributed by atoms with Gasteiger partial charge in [-0.1, -0.05) is 0 Å². The zero-order valence-corrected chi connectivity index (χ0v) is 6.03. The van der Waals surface area contributed by atoms with Crippen molar-refractivity contribution in [3.8, 4) is 0 Å². The van der Waals surface area contributed by atoms with E-state index in [2.05, 4.69) is 5.32 Å². The van der Waals surface area contributed by atoms with Crippen molar-refractivity contribution >= 4 is 17.7 Å². The van der Waals surface area contributed by atoms with E-state index in [4.69, 9.17) is 4.74 Å². The molecule has 0 aromatic rings. The first-order chi connectivity index (χ1) is 4.30. The fourth-order valence-corrected chi connectivity index (χ4v) is 1.15. The number of nitrogens with one attached hydrogen (secondary N) is 1. The lowest BCUT2D eigenvalue weighted by molar-refractivity contribution is -0.121. The number of hydrogen-bond donors (Lipinski definition) is 1. The second-order valence-corrected chi connectivity index (χ2v) is 3.09. The van der Waals surface area contributed by atoms with Crippen LogP contribution in [0.5, 0.6) is 0 Å². The van der Waals surface area contributed by atoms with Crippen LogP contribution in [0.25, 0.3) is 0 Å². The van der Waals surface area contributed by atoms with Crippen molar-refractivity contribution in [2.45, 2.75) is 12.2 Å². The van der Waals surface area contributed by atoms with Gasteiger partial charge >= 0.3 is 0 Å². The molecule has 0 saturated carbocycles. The maximum Gasteiger partial charge on any atom is 0.234 e. The Morgan fingerprint density at radius 2 is 2.67 bits per heavy atom. The van der Waals surface area contributed by atoms with E-state index in [-0.39, 0.29) is 11.2 Å². The lowest BCUT2D eigenvalue weighted by atomic mass is 10.4. The van der Waals surface area contributed by atoms with Gasteiger partial charge in [-0.25, -0.2) is 0 Å². The number of ether oxygens (including phenoxy) is 1. The van der Waals surface area contributed by atoms with Crippen LogP contribution in [0.3, 0.4) is 0 Å². The first-order valence-electron chi connectivity index (χ1n) is 2.78. The Hall–Kier alpha value is -0.220. The molecule has 0 aliphatic carbocycles. The van der Waals surface area contributed by atoms with Gasteiger partial charge in [0.15, 0.2) is 0 Å². The molecule has 52 valence electrons. The molecular weight excluding hydrogens is 138 g/mol. The van der Waals surface area contributed by atoms with Gasteiger partial charge in [0.2, 0.25) is 5.91 Å². The molecule has 1 saturated heterocycles. The third-order valence-corrected chi connectivity index (χ3v) is 2.14. The summed E-state index contributed by atoms with van der Waals surface area (Å²) in [5, 5.41) is 2.65. The summed E-state index contributed by atoms with van der Waals surface area (Å²) in [6.45, 7) is 2.23. The van der Waals surface area contributed by atoms with Gasteiger partial charge < -0.3 is 10.1 Å². The van der Waals surface area contributed by atoms with Crippen LogP contribution in [0.4, 0.5) is 0 Å². The molecular formula is C5H9NO2S. The second kappa shape index (κ2) is 3.08. The van der Waals surface area contributed by atoms with Gasteiger partial charge in [0.25, 0.3) is 0 Å². The van der Waals surface area contributed by atoms with Gasteiger partial charge in [0.1, 0.15) is 6.73 Å². The molecule has 0 aromatic heterocycles. The Kier molecular flexibility index (Phi) is 2.36. The van der Waals surface area contributed by atoms with Crippen molar-refractivity contribution in [2.24, 2.45) is 0 Å². The molecule has 1 aliphatic heterocycles. The van der Waals surface area contributed by atoms with Gasteiger partial charge in [-0.3, -0.25) is 4.79 Å². The Labute approximate surface area is 58.1 Å². The number of rotatable bonds is 0. The molecule has 1 fully saturated rings. The fourth-order valence-electron chi connectivity index (χ4n) is 0.533. The minimum absolute atomic E-state index is 0.0347. The molecule has 1 N–H and O–H groups in total. The van der Waals surface area contributed by atoms with Crippen molar-refractivity contribution in [1.29, 1.82) is 0 Å². The molecule has 1 aliphatic rings. The first-order valence-corrected chi connectivity index (χ1v) is 3.82. The highest BCUT2D eigenvalue weighted by Gasteiger charge is 2.15. The zero-order chi connectivity index (χ0) is 6.69. The molecule has 3 nitrogen and oxygen atoms in total. The van der Waals surface area contributed by atoms with Gasteiger partial charge in [-0.2, -0.15) is 0 Å². The van der Waals surface area contributed by atoms with Crippen molar-refractivity contribution in [3.63, 3.8) is 0 Å². The van der Waals surface area contributed by atoms with Crippen molar-refractivity contribution < 1.29 is 9.53 Å². The molecule has 1 atom stereocenters. The second-order valence-electron chi connectivity index (χ2n) is 1.82. The van der Waals surface area contributed by atoms with Gasteiger partial charge in [0.05, 0.1) is 11.2 Å². The molecule has 1 amide bonds. The van der Waals surface area contributed by atoms with E-state index in [1.54, 1.807) is 0 Å². The molecule has 9 heavy (non-hydrogen) atoms. The summed E-state index contributed by atoms with van der Waals surface area (Å²) in [6.07, 6.45) is 0. The number of amides is 1. The maximum absolute atomic E-state index is 10.8. The Bertz CT molecular complexity index is 118. The van der Waals surface area contributed by atoms with Crippen LogP contribution in [0.1, 0.15) is 6.92 Å². The number of hydrogen-bond acceptors (Lipinski definition) is 3. The smallest absolute Gasteiger partial charge is 0.234 e. The molecule has 1 rings (SSSR count). The number of carbonyl (C=O) groups excluding carboxylic acids is 1. The van der Waals surface area contributed by atoms with Crippen LogP contribution in [-0.2, 0) is 9.53 Å². The molecule has 1 unspecified atom stereocenters. The van der Waals surface area contributed by atoms with Gasteiger partial charge in [-0.05, 0) is 6.92 Å². The average molecular weight is 147 g/mol. The minimum atomic E-state index is 0.0347. The largest absolute Gasteiger partial charge is 0.351 e. The van der Waals surface area contributed by atoms with Crippen molar-refractivity contribution in [2.75, 3.05) is 12.7 Å². The highest BCUT2D eigenvalue weighted by atomic mass is 32.2. The van der Waals surface area contributed by atoms with E-state index in [1.807, 2.05) is 6.92 Å².